The molecule has 1 fully saturated rings. The maximum atomic E-state index is 11.2. The number of rotatable bonds is 2. The lowest BCUT2D eigenvalue weighted by atomic mass is 10.0. The predicted molar refractivity (Wildman–Crippen MR) is 64.2 cm³/mol. The minimum atomic E-state index is 0.139. The molecule has 0 spiro atoms. The summed E-state index contributed by atoms with van der Waals surface area (Å²) < 4.78 is 0. The first-order valence-corrected chi connectivity index (χ1v) is 5.88. The molecule has 0 bridgehead atoms. The number of aryl methyl sites for hydroxylation is 1. The lowest BCUT2D eigenvalue weighted by molar-refractivity contribution is -0.120. The highest BCUT2D eigenvalue weighted by Crippen LogP contribution is 2.15. The number of benzene rings is 1. The van der Waals surface area contributed by atoms with Crippen molar-refractivity contribution in [1.82, 2.24) is 10.6 Å². The van der Waals surface area contributed by atoms with E-state index in [0.29, 0.717) is 13.0 Å². The molecule has 0 saturated carbocycles. The number of nitrogens with one attached hydrogen (secondary N) is 2. The lowest BCUT2D eigenvalue weighted by Crippen LogP contribution is -2.28. The Morgan fingerprint density at radius 1 is 1.31 bits per heavy atom. The van der Waals surface area contributed by atoms with Gasteiger partial charge in [0, 0.05) is 25.6 Å². The van der Waals surface area contributed by atoms with Gasteiger partial charge in [0.15, 0.2) is 0 Å². The molecule has 0 aromatic heterocycles. The molecular weight excluding hydrogens is 200 g/mol. The number of carbonyl (C=O) groups excluding carboxylic acids is 1. The molecule has 1 amide bonds. The Balaban J connectivity index is 2.07. The molecule has 1 heterocycles. The molecule has 2 N–H and O–H groups in total. The molecule has 3 heteroatoms. The Labute approximate surface area is 96.2 Å². The summed E-state index contributed by atoms with van der Waals surface area (Å²) in [6, 6.07) is 8.85. The zero-order valence-corrected chi connectivity index (χ0v) is 9.62. The van der Waals surface area contributed by atoms with Crippen LogP contribution in [-0.4, -0.2) is 19.0 Å². The van der Waals surface area contributed by atoms with Crippen molar-refractivity contribution in [1.29, 1.82) is 0 Å². The van der Waals surface area contributed by atoms with Crippen LogP contribution in [-0.2, 0) is 11.2 Å². The second-order valence-electron chi connectivity index (χ2n) is 4.16. The molecule has 1 saturated heterocycles. The Morgan fingerprint density at radius 3 is 2.75 bits per heavy atom. The average Bonchev–Trinajstić information content (AvgIpc) is 2.54. The van der Waals surface area contributed by atoms with Gasteiger partial charge < -0.3 is 10.6 Å². The van der Waals surface area contributed by atoms with E-state index in [2.05, 4.69) is 41.8 Å². The van der Waals surface area contributed by atoms with Crippen molar-refractivity contribution in [2.24, 2.45) is 0 Å². The quantitative estimate of drug-likeness (QED) is 0.788. The van der Waals surface area contributed by atoms with Crippen LogP contribution in [0, 0.1) is 0 Å². The van der Waals surface area contributed by atoms with Crippen LogP contribution in [0.5, 0.6) is 0 Å². The molecule has 1 atom stereocenters. The van der Waals surface area contributed by atoms with Gasteiger partial charge in [0.05, 0.1) is 0 Å². The smallest absolute Gasteiger partial charge is 0.221 e. The van der Waals surface area contributed by atoms with Crippen molar-refractivity contribution in [2.45, 2.75) is 25.8 Å². The molecule has 3 nitrogen and oxygen atoms in total. The van der Waals surface area contributed by atoms with Gasteiger partial charge in [-0.15, -0.1) is 0 Å². The molecule has 0 aliphatic carbocycles. The van der Waals surface area contributed by atoms with Gasteiger partial charge in [-0.25, -0.2) is 0 Å². The van der Waals surface area contributed by atoms with Gasteiger partial charge in [-0.2, -0.15) is 0 Å². The van der Waals surface area contributed by atoms with E-state index >= 15 is 0 Å². The largest absolute Gasteiger partial charge is 0.354 e. The van der Waals surface area contributed by atoms with Crippen LogP contribution in [0.3, 0.4) is 0 Å². The van der Waals surface area contributed by atoms with E-state index < -0.39 is 0 Å². The van der Waals surface area contributed by atoms with Gasteiger partial charge in [-0.3, -0.25) is 4.79 Å². The van der Waals surface area contributed by atoms with Crippen LogP contribution in [0.25, 0.3) is 0 Å². The van der Waals surface area contributed by atoms with E-state index in [1.165, 1.54) is 11.1 Å². The van der Waals surface area contributed by atoms with E-state index in [1.807, 2.05) is 0 Å². The number of carbonyl (C=O) groups is 1. The maximum absolute atomic E-state index is 11.2. The second kappa shape index (κ2) is 5.12. The molecule has 16 heavy (non-hydrogen) atoms. The maximum Gasteiger partial charge on any atom is 0.221 e. The van der Waals surface area contributed by atoms with E-state index in [4.69, 9.17) is 0 Å². The normalized spacial score (nSPS) is 21.3. The van der Waals surface area contributed by atoms with Gasteiger partial charge in [-0.05, 0) is 17.5 Å². The fourth-order valence-corrected chi connectivity index (χ4v) is 1.96. The van der Waals surface area contributed by atoms with Gasteiger partial charge >= 0.3 is 0 Å². The highest BCUT2D eigenvalue weighted by Gasteiger charge is 2.16. The minimum absolute atomic E-state index is 0.139. The third-order valence-electron chi connectivity index (χ3n) is 3.04. The molecule has 1 unspecified atom stereocenters. The lowest BCUT2D eigenvalue weighted by Gasteiger charge is -2.16. The summed E-state index contributed by atoms with van der Waals surface area (Å²) in [4.78, 5) is 11.2. The standard InChI is InChI=1S/C13H18N2O/c1-2-10-3-5-11(6-4-10)12-9-15-13(16)7-8-14-12/h3-6,12,14H,2,7-9H2,1H3,(H,15,16). The molecule has 2 rings (SSSR count). The third-order valence-corrected chi connectivity index (χ3v) is 3.04. The summed E-state index contributed by atoms with van der Waals surface area (Å²) in [6.45, 7) is 3.59. The van der Waals surface area contributed by atoms with Crippen molar-refractivity contribution < 1.29 is 4.79 Å². The fourth-order valence-electron chi connectivity index (χ4n) is 1.96. The molecule has 1 aliphatic heterocycles. The molecule has 1 aliphatic rings. The number of hydrogen-bond donors (Lipinski definition) is 2. The van der Waals surface area contributed by atoms with Crippen LogP contribution in [0.1, 0.15) is 30.5 Å². The molecular formula is C13H18N2O. The summed E-state index contributed by atoms with van der Waals surface area (Å²) in [6.07, 6.45) is 1.64. The van der Waals surface area contributed by atoms with Crippen LogP contribution in [0.2, 0.25) is 0 Å². The predicted octanol–water partition coefficient (Wildman–Crippen LogP) is 1.40. The first-order valence-electron chi connectivity index (χ1n) is 5.88. The fraction of sp³-hybridized carbons (Fsp3) is 0.462. The van der Waals surface area contributed by atoms with E-state index in [-0.39, 0.29) is 11.9 Å². The van der Waals surface area contributed by atoms with Crippen LogP contribution >= 0.6 is 0 Å². The summed E-state index contributed by atoms with van der Waals surface area (Å²) in [5, 5.41) is 6.30. The van der Waals surface area contributed by atoms with Gasteiger partial charge in [0.1, 0.15) is 0 Å². The highest BCUT2D eigenvalue weighted by molar-refractivity contribution is 5.76. The topological polar surface area (TPSA) is 41.1 Å². The Morgan fingerprint density at radius 2 is 2.06 bits per heavy atom. The third kappa shape index (κ3) is 2.61. The van der Waals surface area contributed by atoms with Crippen molar-refractivity contribution in [3.05, 3.63) is 35.4 Å². The van der Waals surface area contributed by atoms with Gasteiger partial charge in [0.25, 0.3) is 0 Å². The summed E-state index contributed by atoms with van der Waals surface area (Å²) in [5.74, 6) is 0.139. The Hall–Kier alpha value is -1.35. The van der Waals surface area contributed by atoms with E-state index in [0.717, 1.165) is 13.0 Å². The Bertz CT molecular complexity index is 359. The minimum Gasteiger partial charge on any atom is -0.354 e. The van der Waals surface area contributed by atoms with Crippen LogP contribution in [0.15, 0.2) is 24.3 Å². The molecule has 1 aromatic rings. The van der Waals surface area contributed by atoms with Crippen molar-refractivity contribution in [2.75, 3.05) is 13.1 Å². The van der Waals surface area contributed by atoms with Gasteiger partial charge in [0.2, 0.25) is 5.91 Å². The summed E-state index contributed by atoms with van der Waals surface area (Å²) in [7, 11) is 0. The van der Waals surface area contributed by atoms with Crippen LogP contribution in [0.4, 0.5) is 0 Å². The van der Waals surface area contributed by atoms with E-state index in [9.17, 15) is 4.79 Å². The monoisotopic (exact) mass is 218 g/mol. The molecule has 0 radical (unpaired) electrons. The first kappa shape index (κ1) is 11.1. The number of hydrogen-bond acceptors (Lipinski definition) is 2. The SMILES string of the molecule is CCc1ccc(C2CNC(=O)CCN2)cc1. The van der Waals surface area contributed by atoms with Crippen molar-refractivity contribution >= 4 is 5.91 Å². The van der Waals surface area contributed by atoms with E-state index in [1.54, 1.807) is 0 Å². The summed E-state index contributed by atoms with van der Waals surface area (Å²) in [5.41, 5.74) is 2.60. The van der Waals surface area contributed by atoms with Gasteiger partial charge in [-0.1, -0.05) is 31.2 Å². The highest BCUT2D eigenvalue weighted by atomic mass is 16.1. The second-order valence-corrected chi connectivity index (χ2v) is 4.16. The van der Waals surface area contributed by atoms with Crippen molar-refractivity contribution in [3.8, 4) is 0 Å². The Kier molecular flexibility index (Phi) is 3.57. The number of amides is 1. The van der Waals surface area contributed by atoms with Crippen molar-refractivity contribution in [3.63, 3.8) is 0 Å². The molecule has 1 aromatic carbocycles. The van der Waals surface area contributed by atoms with Crippen LogP contribution < -0.4 is 10.6 Å². The molecule has 86 valence electrons. The zero-order valence-electron chi connectivity index (χ0n) is 9.62. The zero-order chi connectivity index (χ0) is 11.4. The average molecular weight is 218 g/mol. The first-order chi connectivity index (χ1) is 7.79. The summed E-state index contributed by atoms with van der Waals surface area (Å²) >= 11 is 0.